The molecule has 2 rings (SSSR count). The molecule has 1 heterocycles. The van der Waals surface area contributed by atoms with Crippen LogP contribution in [0.1, 0.15) is 37.0 Å². The molecular weight excluding hydrogens is 298 g/mol. The molecule has 2 nitrogen and oxygen atoms in total. The van der Waals surface area contributed by atoms with E-state index in [-0.39, 0.29) is 5.92 Å². The maximum absolute atomic E-state index is 12.2. The minimum atomic E-state index is 0.275. The standard InChI is InChI=1S/C13H18BrNOS/c1-15(9-11-7-8-12(14)17-11)13(16)10-5-3-2-4-6-10/h7-8,10H,2-6,9H2,1H3. The van der Waals surface area contributed by atoms with Gasteiger partial charge in [0.1, 0.15) is 0 Å². The van der Waals surface area contributed by atoms with Crippen LogP contribution in [-0.4, -0.2) is 17.9 Å². The molecule has 94 valence electrons. The molecule has 0 aromatic carbocycles. The molecule has 0 unspecified atom stereocenters. The van der Waals surface area contributed by atoms with Gasteiger partial charge < -0.3 is 4.90 Å². The molecule has 1 aromatic heterocycles. The van der Waals surface area contributed by atoms with Crippen molar-refractivity contribution >= 4 is 33.2 Å². The van der Waals surface area contributed by atoms with E-state index in [0.29, 0.717) is 5.91 Å². The van der Waals surface area contributed by atoms with Crippen molar-refractivity contribution in [3.8, 4) is 0 Å². The first-order valence-corrected chi connectivity index (χ1v) is 7.77. The van der Waals surface area contributed by atoms with Crippen LogP contribution in [0.4, 0.5) is 0 Å². The Bertz CT molecular complexity index is 385. The van der Waals surface area contributed by atoms with Crippen molar-refractivity contribution in [2.75, 3.05) is 7.05 Å². The van der Waals surface area contributed by atoms with E-state index in [4.69, 9.17) is 0 Å². The molecule has 4 heteroatoms. The smallest absolute Gasteiger partial charge is 0.225 e. The third-order valence-electron chi connectivity index (χ3n) is 3.35. The highest BCUT2D eigenvalue weighted by Crippen LogP contribution is 2.27. The predicted molar refractivity (Wildman–Crippen MR) is 75.1 cm³/mol. The Morgan fingerprint density at radius 3 is 2.71 bits per heavy atom. The Morgan fingerprint density at radius 2 is 2.12 bits per heavy atom. The number of hydrogen-bond acceptors (Lipinski definition) is 2. The largest absolute Gasteiger partial charge is 0.340 e. The fraction of sp³-hybridized carbons (Fsp3) is 0.615. The molecule has 0 bridgehead atoms. The first-order valence-electron chi connectivity index (χ1n) is 6.16. The lowest BCUT2D eigenvalue weighted by molar-refractivity contribution is -0.135. The second-order valence-corrected chi connectivity index (χ2v) is 7.28. The highest BCUT2D eigenvalue weighted by Gasteiger charge is 2.24. The second-order valence-electron chi connectivity index (χ2n) is 4.74. The highest BCUT2D eigenvalue weighted by atomic mass is 79.9. The van der Waals surface area contributed by atoms with Gasteiger partial charge in [-0.05, 0) is 40.9 Å². The van der Waals surface area contributed by atoms with E-state index >= 15 is 0 Å². The lowest BCUT2D eigenvalue weighted by atomic mass is 9.88. The minimum absolute atomic E-state index is 0.275. The second kappa shape index (κ2) is 6.01. The molecule has 0 aliphatic heterocycles. The van der Waals surface area contributed by atoms with Crippen molar-refractivity contribution < 1.29 is 4.79 Å². The normalized spacial score (nSPS) is 17.1. The van der Waals surface area contributed by atoms with Gasteiger partial charge in [-0.15, -0.1) is 11.3 Å². The fourth-order valence-electron chi connectivity index (χ4n) is 2.41. The zero-order valence-electron chi connectivity index (χ0n) is 10.1. The van der Waals surface area contributed by atoms with Crippen LogP contribution in [0.5, 0.6) is 0 Å². The highest BCUT2D eigenvalue weighted by molar-refractivity contribution is 9.11. The predicted octanol–water partition coefficient (Wildman–Crippen LogP) is 4.05. The van der Waals surface area contributed by atoms with Crippen LogP contribution in [0.3, 0.4) is 0 Å². The van der Waals surface area contributed by atoms with Gasteiger partial charge in [0.05, 0.1) is 10.3 Å². The maximum atomic E-state index is 12.2. The Kier molecular flexibility index (Phi) is 4.62. The molecule has 1 aliphatic rings. The van der Waals surface area contributed by atoms with Gasteiger partial charge >= 0.3 is 0 Å². The number of carbonyl (C=O) groups excluding carboxylic acids is 1. The molecule has 0 atom stereocenters. The van der Waals surface area contributed by atoms with Crippen molar-refractivity contribution in [1.82, 2.24) is 4.90 Å². The molecular formula is C13H18BrNOS. The maximum Gasteiger partial charge on any atom is 0.225 e. The van der Waals surface area contributed by atoms with Crippen molar-refractivity contribution in [3.05, 3.63) is 20.8 Å². The molecule has 1 aliphatic carbocycles. The summed E-state index contributed by atoms with van der Waals surface area (Å²) in [6, 6.07) is 4.12. The molecule has 0 radical (unpaired) electrons. The average Bonchev–Trinajstić information content (AvgIpc) is 2.75. The zero-order valence-corrected chi connectivity index (χ0v) is 12.5. The van der Waals surface area contributed by atoms with E-state index < -0.39 is 0 Å². The summed E-state index contributed by atoms with van der Waals surface area (Å²) in [4.78, 5) is 15.4. The van der Waals surface area contributed by atoms with Gasteiger partial charge in [-0.1, -0.05) is 19.3 Å². The van der Waals surface area contributed by atoms with Crippen molar-refractivity contribution in [3.63, 3.8) is 0 Å². The van der Waals surface area contributed by atoms with Gasteiger partial charge in [0.25, 0.3) is 0 Å². The minimum Gasteiger partial charge on any atom is -0.340 e. The lowest BCUT2D eigenvalue weighted by Gasteiger charge is -2.26. The van der Waals surface area contributed by atoms with Gasteiger partial charge in [-0.25, -0.2) is 0 Å². The number of hydrogen-bond donors (Lipinski definition) is 0. The van der Waals surface area contributed by atoms with E-state index in [1.807, 2.05) is 18.0 Å². The molecule has 0 N–H and O–H groups in total. The van der Waals surface area contributed by atoms with Crippen LogP contribution >= 0.6 is 27.3 Å². The van der Waals surface area contributed by atoms with Gasteiger partial charge in [-0.3, -0.25) is 4.79 Å². The molecule has 17 heavy (non-hydrogen) atoms. The first-order chi connectivity index (χ1) is 8.16. The summed E-state index contributed by atoms with van der Waals surface area (Å²) in [5.74, 6) is 0.603. The van der Waals surface area contributed by atoms with E-state index in [2.05, 4.69) is 22.0 Å². The van der Waals surface area contributed by atoms with Crippen molar-refractivity contribution in [2.24, 2.45) is 5.92 Å². The summed E-state index contributed by atoms with van der Waals surface area (Å²) in [6.07, 6.45) is 5.89. The third kappa shape index (κ3) is 3.55. The van der Waals surface area contributed by atoms with E-state index in [1.165, 1.54) is 24.1 Å². The summed E-state index contributed by atoms with van der Waals surface area (Å²) in [6.45, 7) is 0.742. The Labute approximate surface area is 115 Å². The van der Waals surface area contributed by atoms with E-state index in [0.717, 1.165) is 23.2 Å². The molecule has 1 aromatic rings. The average molecular weight is 316 g/mol. The van der Waals surface area contributed by atoms with Crippen molar-refractivity contribution in [2.45, 2.75) is 38.6 Å². The van der Waals surface area contributed by atoms with Crippen LogP contribution in [0.2, 0.25) is 0 Å². The Balaban J connectivity index is 1.90. The number of nitrogens with zero attached hydrogens (tertiary/aromatic N) is 1. The Morgan fingerprint density at radius 1 is 1.41 bits per heavy atom. The van der Waals surface area contributed by atoms with Gasteiger partial charge in [-0.2, -0.15) is 0 Å². The molecule has 0 saturated heterocycles. The molecule has 1 fully saturated rings. The summed E-state index contributed by atoms with van der Waals surface area (Å²) < 4.78 is 1.13. The van der Waals surface area contributed by atoms with Crippen LogP contribution in [0.15, 0.2) is 15.9 Å². The summed E-state index contributed by atoms with van der Waals surface area (Å²) in [5, 5.41) is 0. The number of halogens is 1. The summed E-state index contributed by atoms with van der Waals surface area (Å²) in [5.41, 5.74) is 0. The van der Waals surface area contributed by atoms with Crippen LogP contribution < -0.4 is 0 Å². The zero-order chi connectivity index (χ0) is 12.3. The SMILES string of the molecule is CN(Cc1ccc(Br)s1)C(=O)C1CCCCC1. The summed E-state index contributed by atoms with van der Waals surface area (Å²) >= 11 is 5.15. The number of thiophene rings is 1. The first kappa shape index (κ1) is 13.1. The van der Waals surface area contributed by atoms with Crippen LogP contribution in [-0.2, 0) is 11.3 Å². The molecule has 1 saturated carbocycles. The Hall–Kier alpha value is -0.350. The molecule has 0 spiro atoms. The van der Waals surface area contributed by atoms with E-state index in [9.17, 15) is 4.79 Å². The van der Waals surface area contributed by atoms with Crippen LogP contribution in [0.25, 0.3) is 0 Å². The quantitative estimate of drug-likeness (QED) is 0.824. The van der Waals surface area contributed by atoms with Crippen LogP contribution in [0, 0.1) is 5.92 Å². The molecule has 1 amide bonds. The fourth-order valence-corrected chi connectivity index (χ4v) is 3.95. The third-order valence-corrected chi connectivity index (χ3v) is 4.96. The number of rotatable bonds is 3. The summed E-state index contributed by atoms with van der Waals surface area (Å²) in [7, 11) is 1.92. The lowest BCUT2D eigenvalue weighted by Crippen LogP contribution is -2.33. The van der Waals surface area contributed by atoms with E-state index in [1.54, 1.807) is 11.3 Å². The number of carbonyl (C=O) groups is 1. The van der Waals surface area contributed by atoms with Crippen molar-refractivity contribution in [1.29, 1.82) is 0 Å². The number of amides is 1. The topological polar surface area (TPSA) is 20.3 Å². The van der Waals surface area contributed by atoms with Gasteiger partial charge in [0.2, 0.25) is 5.91 Å². The van der Waals surface area contributed by atoms with Gasteiger partial charge in [0, 0.05) is 17.8 Å². The monoisotopic (exact) mass is 315 g/mol. The van der Waals surface area contributed by atoms with Gasteiger partial charge in [0.15, 0.2) is 0 Å².